The highest BCUT2D eigenvalue weighted by molar-refractivity contribution is 6.31. The van der Waals surface area contributed by atoms with Gasteiger partial charge in [-0.1, -0.05) is 35.4 Å². The Morgan fingerprint density at radius 1 is 1.11 bits per heavy atom. The monoisotopic (exact) mass is 487 g/mol. The summed E-state index contributed by atoms with van der Waals surface area (Å²) >= 11 is 6.63. The molecule has 1 amide bonds. The molecule has 35 heavy (non-hydrogen) atoms. The van der Waals surface area contributed by atoms with Crippen LogP contribution in [0.1, 0.15) is 70.4 Å². The first kappa shape index (κ1) is 24.6. The zero-order chi connectivity index (χ0) is 25.1. The molecule has 0 saturated heterocycles. The van der Waals surface area contributed by atoms with Crippen LogP contribution in [0.3, 0.4) is 0 Å². The van der Waals surface area contributed by atoms with Gasteiger partial charge in [0.05, 0.1) is 11.3 Å². The van der Waals surface area contributed by atoms with E-state index >= 15 is 0 Å². The van der Waals surface area contributed by atoms with E-state index in [0.29, 0.717) is 16.7 Å². The quantitative estimate of drug-likeness (QED) is 0.314. The number of nitrogens with zero attached hydrogens (tertiary/aromatic N) is 2. The Bertz CT molecular complexity index is 1320. The number of aryl methyl sites for hydroxylation is 2. The minimum absolute atomic E-state index is 0.0591. The van der Waals surface area contributed by atoms with Crippen molar-refractivity contribution in [1.82, 2.24) is 15.3 Å². The smallest absolute Gasteiger partial charge is 0.253 e. The second kappa shape index (κ2) is 10.4. The number of nitrogens with two attached hydrogens (primary N) is 1. The predicted molar refractivity (Wildman–Crippen MR) is 141 cm³/mol. The maximum atomic E-state index is 13.4. The Morgan fingerprint density at radius 2 is 1.91 bits per heavy atom. The van der Waals surface area contributed by atoms with Crippen LogP contribution in [0, 0.1) is 19.3 Å². The Balaban J connectivity index is 1.61. The molecule has 0 aliphatic heterocycles. The van der Waals surface area contributed by atoms with Crippen LogP contribution in [0.2, 0.25) is 5.02 Å². The molecule has 1 aromatic carbocycles. The molecule has 3 aromatic rings. The third-order valence-corrected chi connectivity index (χ3v) is 6.89. The van der Waals surface area contributed by atoms with Crippen LogP contribution in [0.25, 0.3) is 0 Å². The Labute approximate surface area is 211 Å². The molecule has 0 saturated carbocycles. The van der Waals surface area contributed by atoms with Crippen molar-refractivity contribution in [2.45, 2.75) is 52.0 Å². The largest absolute Gasteiger partial charge is 0.383 e. The van der Waals surface area contributed by atoms with Crippen molar-refractivity contribution in [3.05, 3.63) is 99.0 Å². The van der Waals surface area contributed by atoms with Crippen LogP contribution in [-0.4, -0.2) is 27.6 Å². The summed E-state index contributed by atoms with van der Waals surface area (Å²) in [6, 6.07) is 11.2. The Morgan fingerprint density at radius 3 is 2.66 bits per heavy atom. The number of benzene rings is 1. The molecule has 0 unspecified atom stereocenters. The van der Waals surface area contributed by atoms with E-state index in [2.05, 4.69) is 40.4 Å². The van der Waals surface area contributed by atoms with Gasteiger partial charge >= 0.3 is 0 Å². The van der Waals surface area contributed by atoms with Crippen LogP contribution in [0.15, 0.2) is 60.4 Å². The number of rotatable bonds is 5. The molecule has 0 fully saturated rings. The van der Waals surface area contributed by atoms with E-state index in [4.69, 9.17) is 22.7 Å². The number of nitrogens with one attached hydrogen (secondary N) is 2. The summed E-state index contributed by atoms with van der Waals surface area (Å²) in [5, 5.41) is 12.6. The minimum atomic E-state index is -0.241. The normalized spacial score (nSPS) is 17.9. The van der Waals surface area contributed by atoms with Crippen molar-refractivity contribution in [3.63, 3.8) is 0 Å². The number of carbonyl (C=O) groups excluding carboxylic acids is 1. The van der Waals surface area contributed by atoms with Gasteiger partial charge in [0.2, 0.25) is 0 Å². The second-order valence-electron chi connectivity index (χ2n) is 9.25. The molecular formula is C28H30ClN5O. The summed E-state index contributed by atoms with van der Waals surface area (Å²) in [4.78, 5) is 21.8. The summed E-state index contributed by atoms with van der Waals surface area (Å²) in [5.74, 6) is 0.0265. The molecule has 7 heteroatoms. The van der Waals surface area contributed by atoms with E-state index in [9.17, 15) is 4.79 Å². The molecule has 0 radical (unpaired) electrons. The van der Waals surface area contributed by atoms with Crippen molar-refractivity contribution in [2.24, 2.45) is 0 Å². The fraction of sp³-hybridized carbons (Fsp3) is 0.286. The minimum Gasteiger partial charge on any atom is -0.383 e. The van der Waals surface area contributed by atoms with Crippen molar-refractivity contribution in [3.8, 4) is 0 Å². The van der Waals surface area contributed by atoms with Gasteiger partial charge in [-0.15, -0.1) is 0 Å². The van der Waals surface area contributed by atoms with Crippen LogP contribution < -0.4 is 11.1 Å². The molecule has 4 N–H and O–H groups in total. The summed E-state index contributed by atoms with van der Waals surface area (Å²) < 4.78 is 0. The number of hydrogen-bond donors (Lipinski definition) is 3. The number of anilines is 1. The van der Waals surface area contributed by atoms with Gasteiger partial charge in [-0.3, -0.25) is 15.2 Å². The first-order valence-electron chi connectivity index (χ1n) is 11.7. The lowest BCUT2D eigenvalue weighted by Gasteiger charge is -2.27. The lowest BCUT2D eigenvalue weighted by molar-refractivity contribution is 0.0928. The highest BCUT2D eigenvalue weighted by atomic mass is 35.5. The van der Waals surface area contributed by atoms with E-state index in [0.717, 1.165) is 41.1 Å². The number of hydrogen-bond acceptors (Lipinski definition) is 5. The molecule has 0 bridgehead atoms. The number of allylic oxidation sites excluding steroid dienone is 2. The van der Waals surface area contributed by atoms with Crippen molar-refractivity contribution < 1.29 is 4.79 Å². The first-order valence-corrected chi connectivity index (χ1v) is 12.1. The third kappa shape index (κ3) is 5.60. The maximum Gasteiger partial charge on any atom is 0.253 e. The zero-order valence-corrected chi connectivity index (χ0v) is 21.0. The number of nitrogen functional groups attached to an aromatic ring is 1. The van der Waals surface area contributed by atoms with Crippen molar-refractivity contribution in [2.75, 3.05) is 5.73 Å². The van der Waals surface area contributed by atoms with Gasteiger partial charge in [0.15, 0.2) is 0 Å². The fourth-order valence-electron chi connectivity index (χ4n) is 4.54. The van der Waals surface area contributed by atoms with E-state index < -0.39 is 0 Å². The molecule has 1 aliphatic carbocycles. The first-order chi connectivity index (χ1) is 16.7. The van der Waals surface area contributed by atoms with Gasteiger partial charge in [-0.25, -0.2) is 4.98 Å². The molecule has 6 nitrogen and oxygen atoms in total. The number of aromatic nitrogens is 2. The highest BCUT2D eigenvalue weighted by Gasteiger charge is 2.28. The van der Waals surface area contributed by atoms with Crippen LogP contribution >= 0.6 is 11.6 Å². The topological polar surface area (TPSA) is 105 Å². The van der Waals surface area contributed by atoms with Gasteiger partial charge in [0.1, 0.15) is 5.82 Å². The molecule has 2 heterocycles. The predicted octanol–water partition coefficient (Wildman–Crippen LogP) is 5.76. The molecule has 1 aliphatic rings. The number of amides is 1. The molecular weight excluding hydrogens is 458 g/mol. The van der Waals surface area contributed by atoms with Crippen LogP contribution in [0.4, 0.5) is 5.82 Å². The van der Waals surface area contributed by atoms with E-state index in [-0.39, 0.29) is 29.4 Å². The number of halogens is 1. The number of carbonyl (C=O) groups is 1. The summed E-state index contributed by atoms with van der Waals surface area (Å²) in [6.07, 6.45) is 7.88. The lowest BCUT2D eigenvalue weighted by atomic mass is 9.87. The lowest BCUT2D eigenvalue weighted by Crippen LogP contribution is -2.39. The average molecular weight is 488 g/mol. The van der Waals surface area contributed by atoms with Crippen LogP contribution in [-0.2, 0) is 0 Å². The molecule has 180 valence electrons. The van der Waals surface area contributed by atoms with E-state index in [1.807, 2.05) is 26.0 Å². The van der Waals surface area contributed by atoms with Crippen molar-refractivity contribution in [1.29, 1.82) is 5.41 Å². The number of pyridine rings is 2. The van der Waals surface area contributed by atoms with Crippen LogP contribution in [0.5, 0.6) is 0 Å². The second-order valence-corrected chi connectivity index (χ2v) is 9.66. The Hall–Kier alpha value is -3.51. The van der Waals surface area contributed by atoms with Gasteiger partial charge in [0.25, 0.3) is 5.91 Å². The molecule has 0 spiro atoms. The average Bonchev–Trinajstić information content (AvgIpc) is 3.00. The molecule has 2 aromatic heterocycles. The van der Waals surface area contributed by atoms with E-state index in [1.165, 1.54) is 11.8 Å². The standard InChI is InChI=1S/C28H30ClN5O/c1-16-4-8-22(21-7-5-17(2)12-24(21)29)25(9-6-16)34-28(35)20-14-23(27(31)33-15-20)26(30)19-10-11-32-18(3)13-19/h4-5,7,10-15,22,25,30H,6,8-9H2,1-3H3,(H2,31,33)(H,34,35)/t22-,25+/m1/s1. The zero-order valence-electron chi connectivity index (χ0n) is 20.2. The van der Waals surface area contributed by atoms with Gasteiger partial charge in [-0.05, 0) is 75.4 Å². The Kier molecular flexibility index (Phi) is 7.31. The third-order valence-electron chi connectivity index (χ3n) is 6.56. The summed E-state index contributed by atoms with van der Waals surface area (Å²) in [7, 11) is 0. The van der Waals surface area contributed by atoms with E-state index in [1.54, 1.807) is 18.3 Å². The summed E-state index contributed by atoms with van der Waals surface area (Å²) in [6.45, 7) is 6.01. The maximum absolute atomic E-state index is 13.4. The fourth-order valence-corrected chi connectivity index (χ4v) is 4.91. The van der Waals surface area contributed by atoms with Gasteiger partial charge in [-0.2, -0.15) is 0 Å². The SMILES string of the molecule is CC1=CC[C@H](c2ccc(C)cc2Cl)[C@@H](NC(=O)c2cnc(N)c(C(=N)c3ccnc(C)c3)c2)CC1. The van der Waals surface area contributed by atoms with Gasteiger partial charge in [0, 0.05) is 46.2 Å². The highest BCUT2D eigenvalue weighted by Crippen LogP contribution is 2.35. The summed E-state index contributed by atoms with van der Waals surface area (Å²) in [5.41, 5.74) is 12.0. The molecule has 4 rings (SSSR count). The van der Waals surface area contributed by atoms with Gasteiger partial charge < -0.3 is 11.1 Å². The van der Waals surface area contributed by atoms with Crippen molar-refractivity contribution >= 4 is 29.0 Å². The molecule has 2 atom stereocenters.